The van der Waals surface area contributed by atoms with Gasteiger partial charge in [0.2, 0.25) is 0 Å². The number of carboxylic acids is 1. The zero-order valence-corrected chi connectivity index (χ0v) is 28.8. The largest absolute Gasteiger partial charge is 0.496 e. The Labute approximate surface area is 293 Å². The van der Waals surface area contributed by atoms with Crippen molar-refractivity contribution < 1.29 is 28.6 Å². The van der Waals surface area contributed by atoms with Crippen molar-refractivity contribution in [1.82, 2.24) is 19.8 Å². The van der Waals surface area contributed by atoms with Crippen LogP contribution in [0, 0.1) is 5.82 Å². The second kappa shape index (κ2) is 12.9. The molecule has 3 N–H and O–H groups in total. The predicted octanol–water partition coefficient (Wildman–Crippen LogP) is 6.55. The molecule has 10 nitrogen and oxygen atoms in total. The normalized spacial score (nSPS) is 17.7. The molecule has 49 heavy (non-hydrogen) atoms. The van der Waals surface area contributed by atoms with Gasteiger partial charge in [-0.1, -0.05) is 53.5 Å². The van der Waals surface area contributed by atoms with E-state index >= 15 is 4.39 Å². The summed E-state index contributed by atoms with van der Waals surface area (Å²) in [6, 6.07) is 13.0. The minimum Gasteiger partial charge on any atom is -0.496 e. The van der Waals surface area contributed by atoms with Crippen LogP contribution in [-0.4, -0.2) is 57.7 Å². The van der Waals surface area contributed by atoms with Gasteiger partial charge in [-0.25, -0.2) is 9.37 Å². The molecule has 4 aromatic rings. The molecule has 256 valence electrons. The molecule has 1 aromatic heterocycles. The molecule has 1 fully saturated rings. The quantitative estimate of drug-likeness (QED) is 0.170. The minimum absolute atomic E-state index is 0.0570. The summed E-state index contributed by atoms with van der Waals surface area (Å²) in [5.74, 6) is -1.34. The number of nitrogens with one attached hydrogen (secondary N) is 2. The number of carbonyl (C=O) groups excluding carboxylic acids is 1. The number of benzene rings is 3. The maximum Gasteiger partial charge on any atom is 0.323 e. The van der Waals surface area contributed by atoms with Crippen molar-refractivity contribution in [2.45, 2.75) is 56.8 Å². The highest BCUT2D eigenvalue weighted by atomic mass is 35.5. The van der Waals surface area contributed by atoms with E-state index in [0.717, 1.165) is 46.6 Å². The number of hydrogen-bond donors (Lipinski definition) is 3. The van der Waals surface area contributed by atoms with E-state index in [9.17, 15) is 14.7 Å². The molecule has 1 saturated carbocycles. The summed E-state index contributed by atoms with van der Waals surface area (Å²) in [6.07, 6.45) is 2.64. The monoisotopic (exact) mass is 707 g/mol. The highest BCUT2D eigenvalue weighted by Crippen LogP contribution is 2.46. The lowest BCUT2D eigenvalue weighted by Gasteiger charge is -2.21. The van der Waals surface area contributed by atoms with E-state index < -0.39 is 23.4 Å². The standard InChI is InChI=1S/C36H36Cl2FN5O5/c1-43-15-12-26-25(18-43)41-33(44(26)2)34(45)42-24-9-5-8-22(30(24)37)19-6-4-7-21-20(19)10-11-27(21)49-29-16-28(48-3)23(32(39)31(29)38)17-40-36(13-14-36)35(46)47/h4-9,16,27,40H,10-15,17-18H2,1-3H3,(H,42,45)(H,46,47). The lowest BCUT2D eigenvalue weighted by molar-refractivity contribution is -0.140. The molecular weight excluding hydrogens is 672 g/mol. The number of aliphatic carboxylic acids is 1. The smallest absolute Gasteiger partial charge is 0.323 e. The van der Waals surface area contributed by atoms with Crippen molar-refractivity contribution in [3.05, 3.63) is 92.2 Å². The van der Waals surface area contributed by atoms with E-state index in [1.165, 1.54) is 7.11 Å². The molecule has 0 radical (unpaired) electrons. The fraction of sp³-hybridized carbons (Fsp3) is 0.361. The van der Waals surface area contributed by atoms with Crippen molar-refractivity contribution in [1.29, 1.82) is 0 Å². The van der Waals surface area contributed by atoms with Gasteiger partial charge in [0.1, 0.15) is 28.2 Å². The Morgan fingerprint density at radius 1 is 1.08 bits per heavy atom. The van der Waals surface area contributed by atoms with Crippen molar-refractivity contribution in [3.63, 3.8) is 0 Å². The lowest BCUT2D eigenvalue weighted by Crippen LogP contribution is -2.38. The topological polar surface area (TPSA) is 118 Å². The van der Waals surface area contributed by atoms with Crippen molar-refractivity contribution >= 4 is 40.8 Å². The molecule has 3 aromatic carbocycles. The highest BCUT2D eigenvalue weighted by Gasteiger charge is 2.50. The van der Waals surface area contributed by atoms with Gasteiger partial charge in [0, 0.05) is 56.0 Å². The number of carboxylic acid groups (broad SMARTS) is 1. The molecule has 0 saturated heterocycles. The molecular formula is C36H36Cl2FN5O5. The molecule has 3 aliphatic rings. The fourth-order valence-corrected chi connectivity index (χ4v) is 7.41. The van der Waals surface area contributed by atoms with Crippen molar-refractivity contribution in [2.75, 3.05) is 26.0 Å². The van der Waals surface area contributed by atoms with Gasteiger partial charge in [-0.15, -0.1) is 0 Å². The van der Waals surface area contributed by atoms with E-state index in [1.54, 1.807) is 12.1 Å². The maximum atomic E-state index is 15.6. The molecule has 2 aliphatic carbocycles. The zero-order valence-electron chi connectivity index (χ0n) is 27.3. The summed E-state index contributed by atoms with van der Waals surface area (Å²) in [6.45, 7) is 1.55. The zero-order chi connectivity index (χ0) is 34.6. The summed E-state index contributed by atoms with van der Waals surface area (Å²) in [5.41, 5.74) is 5.17. The first-order valence-corrected chi connectivity index (χ1v) is 16.9. The average Bonchev–Trinajstić information content (AvgIpc) is 3.67. The van der Waals surface area contributed by atoms with Gasteiger partial charge in [0.25, 0.3) is 5.91 Å². The van der Waals surface area contributed by atoms with Crippen molar-refractivity contribution in [3.8, 4) is 22.6 Å². The summed E-state index contributed by atoms with van der Waals surface area (Å²) in [7, 11) is 5.32. The van der Waals surface area contributed by atoms with Gasteiger partial charge in [0.05, 0.1) is 23.5 Å². The first-order chi connectivity index (χ1) is 23.5. The van der Waals surface area contributed by atoms with Gasteiger partial charge in [-0.05, 0) is 55.5 Å². The number of likely N-dealkylation sites (N-methyl/N-ethyl adjacent to an activating group) is 1. The van der Waals surface area contributed by atoms with E-state index in [-0.39, 0.29) is 34.5 Å². The molecule has 13 heteroatoms. The van der Waals surface area contributed by atoms with Crippen LogP contribution in [0.25, 0.3) is 11.1 Å². The van der Waals surface area contributed by atoms with E-state index in [1.807, 2.05) is 49.0 Å². The number of halogens is 3. The Morgan fingerprint density at radius 2 is 1.84 bits per heavy atom. The Morgan fingerprint density at radius 3 is 2.57 bits per heavy atom. The molecule has 7 rings (SSSR count). The maximum absolute atomic E-state index is 15.6. The summed E-state index contributed by atoms with van der Waals surface area (Å²) in [4.78, 5) is 31.8. The number of ether oxygens (including phenoxy) is 2. The number of carbonyl (C=O) groups is 2. The second-order valence-electron chi connectivity index (χ2n) is 12.9. The molecule has 2 heterocycles. The number of imidazole rings is 1. The first-order valence-electron chi connectivity index (χ1n) is 16.2. The third-order valence-electron chi connectivity index (χ3n) is 9.89. The third kappa shape index (κ3) is 6.03. The number of rotatable bonds is 10. The number of amides is 1. The molecule has 1 amide bonds. The first kappa shape index (κ1) is 33.3. The number of anilines is 1. The van der Waals surface area contributed by atoms with Crippen molar-refractivity contribution in [2.24, 2.45) is 7.05 Å². The Bertz CT molecular complexity index is 1990. The van der Waals surface area contributed by atoms with Crippen LogP contribution in [0.2, 0.25) is 10.0 Å². The van der Waals surface area contributed by atoms with Gasteiger partial charge >= 0.3 is 5.97 Å². The van der Waals surface area contributed by atoms with Crippen LogP contribution in [0.15, 0.2) is 42.5 Å². The van der Waals surface area contributed by atoms with Crippen LogP contribution in [0.4, 0.5) is 10.1 Å². The number of hydrogen-bond acceptors (Lipinski definition) is 7. The van der Waals surface area contributed by atoms with Crippen LogP contribution in [-0.2, 0) is 37.8 Å². The van der Waals surface area contributed by atoms with E-state index in [4.69, 9.17) is 32.7 Å². The molecule has 1 aliphatic heterocycles. The minimum atomic E-state index is -1.05. The summed E-state index contributed by atoms with van der Waals surface area (Å²) in [5, 5.41) is 15.6. The van der Waals surface area contributed by atoms with Gasteiger partial charge in [-0.2, -0.15) is 0 Å². The van der Waals surface area contributed by atoms with Crippen LogP contribution < -0.4 is 20.1 Å². The number of nitrogens with zero attached hydrogens (tertiary/aromatic N) is 3. The lowest BCUT2D eigenvalue weighted by atomic mass is 9.96. The van der Waals surface area contributed by atoms with Crippen LogP contribution in [0.5, 0.6) is 11.5 Å². The number of methoxy groups -OCH3 is 1. The highest BCUT2D eigenvalue weighted by molar-refractivity contribution is 6.36. The Balaban J connectivity index is 1.12. The van der Waals surface area contributed by atoms with E-state index in [0.29, 0.717) is 48.8 Å². The number of fused-ring (bicyclic) bond motifs is 2. The summed E-state index contributed by atoms with van der Waals surface area (Å²) < 4.78 is 29.3. The van der Waals surface area contributed by atoms with Gasteiger partial charge in [-0.3, -0.25) is 14.9 Å². The van der Waals surface area contributed by atoms with Crippen LogP contribution in [0.3, 0.4) is 0 Å². The van der Waals surface area contributed by atoms with E-state index in [2.05, 4.69) is 20.5 Å². The Kier molecular flexibility index (Phi) is 8.81. The van der Waals surface area contributed by atoms with Crippen LogP contribution in [0.1, 0.15) is 64.1 Å². The average molecular weight is 709 g/mol. The van der Waals surface area contributed by atoms with Gasteiger partial charge in [0.15, 0.2) is 11.6 Å². The number of aromatic nitrogens is 2. The molecule has 0 spiro atoms. The third-order valence-corrected chi connectivity index (χ3v) is 10.6. The SMILES string of the molecule is COc1cc(OC2CCc3c(-c4cccc(NC(=O)c5nc6c(n5C)CCN(C)C6)c4Cl)cccc32)c(Cl)c(F)c1CNC1(C(=O)O)CC1. The van der Waals surface area contributed by atoms with Gasteiger partial charge < -0.3 is 29.4 Å². The molecule has 1 atom stereocenters. The second-order valence-corrected chi connectivity index (χ2v) is 13.7. The predicted molar refractivity (Wildman–Crippen MR) is 184 cm³/mol. The fourth-order valence-electron chi connectivity index (χ4n) is 6.92. The van der Waals surface area contributed by atoms with Crippen LogP contribution >= 0.6 is 23.2 Å². The molecule has 0 bridgehead atoms. The molecule has 1 unspecified atom stereocenters. The Hall–Kier alpha value is -4.16. The summed E-state index contributed by atoms with van der Waals surface area (Å²) >= 11 is 13.5.